The molecule has 0 radical (unpaired) electrons. The van der Waals surface area contributed by atoms with Gasteiger partial charge in [-0.15, -0.1) is 0 Å². The molecule has 146 valence electrons. The lowest BCUT2D eigenvalue weighted by molar-refractivity contribution is -0.130. The smallest absolute Gasteiger partial charge is 0.222 e. The monoisotopic (exact) mass is 373 g/mol. The third-order valence-corrected chi connectivity index (χ3v) is 4.16. The van der Waals surface area contributed by atoms with E-state index < -0.39 is 0 Å². The van der Waals surface area contributed by atoms with Gasteiger partial charge in [-0.1, -0.05) is 6.07 Å². The van der Waals surface area contributed by atoms with Crippen molar-refractivity contribution in [1.82, 2.24) is 4.90 Å². The molecule has 2 aromatic rings. The van der Waals surface area contributed by atoms with Crippen LogP contribution in [0.2, 0.25) is 0 Å². The molecule has 0 aliphatic carbocycles. The number of hydrogen-bond acceptors (Lipinski definition) is 5. The van der Waals surface area contributed by atoms with Gasteiger partial charge in [0.15, 0.2) is 11.5 Å². The normalized spacial score (nSPS) is 10.2. The van der Waals surface area contributed by atoms with E-state index in [1.54, 1.807) is 33.3 Å². The van der Waals surface area contributed by atoms with Gasteiger partial charge in [0.05, 0.1) is 27.9 Å². The molecular formula is C21H27NO5. The van der Waals surface area contributed by atoms with Crippen LogP contribution in [0.4, 0.5) is 0 Å². The minimum atomic E-state index is 0.0723. The third-order valence-electron chi connectivity index (χ3n) is 4.16. The molecule has 0 unspecified atom stereocenters. The average Bonchev–Trinajstić information content (AvgIpc) is 2.71. The molecule has 2 rings (SSSR count). The fraction of sp³-hybridized carbons (Fsp3) is 0.381. The molecule has 6 nitrogen and oxygen atoms in total. The van der Waals surface area contributed by atoms with Gasteiger partial charge in [0.2, 0.25) is 5.91 Å². The Balaban J connectivity index is 1.76. The fourth-order valence-corrected chi connectivity index (χ4v) is 2.62. The lowest BCUT2D eigenvalue weighted by Gasteiger charge is -2.18. The number of rotatable bonds is 10. The first-order chi connectivity index (χ1) is 13.1. The maximum Gasteiger partial charge on any atom is 0.222 e. The first kappa shape index (κ1) is 20.4. The summed E-state index contributed by atoms with van der Waals surface area (Å²) in [7, 11) is 6.61. The summed E-state index contributed by atoms with van der Waals surface area (Å²) in [5, 5.41) is 0. The molecule has 27 heavy (non-hydrogen) atoms. The topological polar surface area (TPSA) is 57.2 Å². The van der Waals surface area contributed by atoms with Gasteiger partial charge in [-0.25, -0.2) is 0 Å². The van der Waals surface area contributed by atoms with Crippen LogP contribution in [-0.2, 0) is 11.3 Å². The Kier molecular flexibility index (Phi) is 7.79. The summed E-state index contributed by atoms with van der Waals surface area (Å²) < 4.78 is 21.3. The van der Waals surface area contributed by atoms with E-state index in [0.29, 0.717) is 37.5 Å². The van der Waals surface area contributed by atoms with Gasteiger partial charge in [-0.2, -0.15) is 0 Å². The number of amides is 1. The molecule has 6 heteroatoms. The van der Waals surface area contributed by atoms with Gasteiger partial charge in [0, 0.05) is 20.0 Å². The number of nitrogens with zero attached hydrogens (tertiary/aromatic N) is 1. The summed E-state index contributed by atoms with van der Waals surface area (Å²) >= 11 is 0. The third kappa shape index (κ3) is 6.09. The second kappa shape index (κ2) is 10.3. The van der Waals surface area contributed by atoms with E-state index in [9.17, 15) is 4.79 Å². The van der Waals surface area contributed by atoms with Crippen molar-refractivity contribution >= 4 is 5.91 Å². The van der Waals surface area contributed by atoms with E-state index in [1.165, 1.54) is 0 Å². The molecule has 0 aromatic heterocycles. The van der Waals surface area contributed by atoms with Gasteiger partial charge in [0.25, 0.3) is 0 Å². The maximum absolute atomic E-state index is 12.3. The highest BCUT2D eigenvalue weighted by molar-refractivity contribution is 5.75. The van der Waals surface area contributed by atoms with Crippen LogP contribution >= 0.6 is 0 Å². The Labute approximate surface area is 160 Å². The Bertz CT molecular complexity index is 730. The molecule has 0 aliphatic heterocycles. The largest absolute Gasteiger partial charge is 0.497 e. The first-order valence-electron chi connectivity index (χ1n) is 8.79. The van der Waals surface area contributed by atoms with E-state index in [4.69, 9.17) is 18.9 Å². The second-order valence-corrected chi connectivity index (χ2v) is 6.07. The molecule has 1 amide bonds. The molecule has 0 N–H and O–H groups in total. The summed E-state index contributed by atoms with van der Waals surface area (Å²) in [5.74, 6) is 2.95. The highest BCUT2D eigenvalue weighted by atomic mass is 16.5. The highest BCUT2D eigenvalue weighted by Gasteiger charge is 2.11. The minimum Gasteiger partial charge on any atom is -0.497 e. The zero-order valence-electron chi connectivity index (χ0n) is 16.4. The maximum atomic E-state index is 12.3. The van der Waals surface area contributed by atoms with Gasteiger partial charge < -0.3 is 23.8 Å². The molecule has 0 fully saturated rings. The quantitative estimate of drug-likeness (QED) is 0.597. The standard InChI is InChI=1S/C21H27NO5/c1-22(15-16-7-12-19(25-3)20(14-16)26-4)21(23)6-5-13-27-18-10-8-17(24-2)9-11-18/h7-12,14H,5-6,13,15H2,1-4H3. The first-order valence-corrected chi connectivity index (χ1v) is 8.79. The number of benzene rings is 2. The molecule has 0 aliphatic rings. The Morgan fingerprint density at radius 3 is 2.19 bits per heavy atom. The SMILES string of the molecule is COc1ccc(OCCCC(=O)N(C)Cc2ccc(OC)c(OC)c2)cc1. The van der Waals surface area contributed by atoms with Crippen molar-refractivity contribution in [3.63, 3.8) is 0 Å². The zero-order chi connectivity index (χ0) is 19.6. The summed E-state index contributed by atoms with van der Waals surface area (Å²) in [6.07, 6.45) is 1.08. The number of methoxy groups -OCH3 is 3. The van der Waals surface area contributed by atoms with Crippen LogP contribution in [0.5, 0.6) is 23.0 Å². The summed E-state index contributed by atoms with van der Waals surface area (Å²) in [6.45, 7) is 1.00. The molecular weight excluding hydrogens is 346 g/mol. The van der Waals surface area contributed by atoms with Crippen molar-refractivity contribution in [3.8, 4) is 23.0 Å². The molecule has 2 aromatic carbocycles. The Morgan fingerprint density at radius 1 is 0.889 bits per heavy atom. The van der Waals surface area contributed by atoms with Gasteiger partial charge in [0.1, 0.15) is 11.5 Å². The molecule has 0 bridgehead atoms. The average molecular weight is 373 g/mol. The zero-order valence-corrected chi connectivity index (χ0v) is 16.4. The summed E-state index contributed by atoms with van der Waals surface area (Å²) in [6, 6.07) is 13.0. The van der Waals surface area contributed by atoms with Crippen molar-refractivity contribution in [2.75, 3.05) is 35.0 Å². The predicted octanol–water partition coefficient (Wildman–Crippen LogP) is 3.53. The van der Waals surface area contributed by atoms with Crippen LogP contribution in [-0.4, -0.2) is 45.8 Å². The number of carbonyl (C=O) groups excluding carboxylic acids is 1. The number of carbonyl (C=O) groups is 1. The van der Waals surface area contributed by atoms with Crippen molar-refractivity contribution in [1.29, 1.82) is 0 Å². The van der Waals surface area contributed by atoms with E-state index in [-0.39, 0.29) is 5.91 Å². The fourth-order valence-electron chi connectivity index (χ4n) is 2.62. The van der Waals surface area contributed by atoms with Crippen LogP contribution in [0.1, 0.15) is 18.4 Å². The second-order valence-electron chi connectivity index (χ2n) is 6.07. The highest BCUT2D eigenvalue weighted by Crippen LogP contribution is 2.28. The predicted molar refractivity (Wildman–Crippen MR) is 104 cm³/mol. The van der Waals surface area contributed by atoms with Crippen LogP contribution in [0.25, 0.3) is 0 Å². The van der Waals surface area contributed by atoms with Crippen molar-refractivity contribution in [2.24, 2.45) is 0 Å². The minimum absolute atomic E-state index is 0.0723. The molecule has 0 atom stereocenters. The van der Waals surface area contributed by atoms with E-state index >= 15 is 0 Å². The van der Waals surface area contributed by atoms with Gasteiger partial charge in [-0.3, -0.25) is 4.79 Å². The van der Waals surface area contributed by atoms with Crippen molar-refractivity contribution in [2.45, 2.75) is 19.4 Å². The molecule has 0 saturated carbocycles. The molecule has 0 spiro atoms. The van der Waals surface area contributed by atoms with Gasteiger partial charge in [-0.05, 0) is 48.4 Å². The Morgan fingerprint density at radius 2 is 1.56 bits per heavy atom. The van der Waals surface area contributed by atoms with Crippen LogP contribution < -0.4 is 18.9 Å². The van der Waals surface area contributed by atoms with Crippen molar-refractivity contribution < 1.29 is 23.7 Å². The molecule has 0 saturated heterocycles. The van der Waals surface area contributed by atoms with Crippen LogP contribution in [0, 0.1) is 0 Å². The lowest BCUT2D eigenvalue weighted by Crippen LogP contribution is -2.26. The molecule has 0 heterocycles. The van der Waals surface area contributed by atoms with E-state index in [0.717, 1.165) is 17.1 Å². The lowest BCUT2D eigenvalue weighted by atomic mass is 10.2. The van der Waals surface area contributed by atoms with E-state index in [1.807, 2.05) is 42.5 Å². The van der Waals surface area contributed by atoms with Gasteiger partial charge >= 0.3 is 0 Å². The number of ether oxygens (including phenoxy) is 4. The van der Waals surface area contributed by atoms with E-state index in [2.05, 4.69) is 0 Å². The summed E-state index contributed by atoms with van der Waals surface area (Å²) in [5.41, 5.74) is 0.984. The summed E-state index contributed by atoms with van der Waals surface area (Å²) in [4.78, 5) is 14.0. The van der Waals surface area contributed by atoms with Crippen LogP contribution in [0.3, 0.4) is 0 Å². The number of hydrogen-bond donors (Lipinski definition) is 0. The van der Waals surface area contributed by atoms with Crippen molar-refractivity contribution in [3.05, 3.63) is 48.0 Å². The van der Waals surface area contributed by atoms with Crippen LogP contribution in [0.15, 0.2) is 42.5 Å². The Hall–Kier alpha value is -2.89.